The summed E-state index contributed by atoms with van der Waals surface area (Å²) in [6.45, 7) is 20.9. The van der Waals surface area contributed by atoms with Gasteiger partial charge in [0.2, 0.25) is 0 Å². The number of rotatable bonds is 12. The van der Waals surface area contributed by atoms with E-state index in [0.717, 1.165) is 56.3 Å². The summed E-state index contributed by atoms with van der Waals surface area (Å²) in [4.78, 5) is 59.6. The van der Waals surface area contributed by atoms with Gasteiger partial charge >= 0.3 is 29.8 Å². The topological polar surface area (TPSA) is 141 Å². The van der Waals surface area contributed by atoms with Crippen LogP contribution in [0, 0.1) is 45.8 Å². The van der Waals surface area contributed by atoms with E-state index in [1.807, 2.05) is 69.2 Å². The van der Waals surface area contributed by atoms with Gasteiger partial charge in [-0.1, -0.05) is 33.6 Å². The van der Waals surface area contributed by atoms with E-state index in [0.29, 0.717) is 25.2 Å². The van der Waals surface area contributed by atoms with Gasteiger partial charge < -0.3 is 28.4 Å². The Morgan fingerprint density at radius 2 is 1.20 bits per heavy atom. The Morgan fingerprint density at radius 1 is 0.696 bits per heavy atom. The van der Waals surface area contributed by atoms with Crippen molar-refractivity contribution in [3.63, 3.8) is 0 Å². The second-order valence-corrected chi connectivity index (χ2v) is 20.6. The molecule has 8 aliphatic rings. The molecule has 0 amide bonds. The minimum absolute atomic E-state index is 0.0342. The van der Waals surface area contributed by atoms with Crippen molar-refractivity contribution in [2.45, 2.75) is 202 Å². The maximum absolute atomic E-state index is 12.4. The van der Waals surface area contributed by atoms with Crippen LogP contribution in [0.15, 0.2) is 0 Å². The smallest absolute Gasteiger partial charge is 0.344 e. The molecule has 56 heavy (non-hydrogen) atoms. The lowest BCUT2D eigenvalue weighted by molar-refractivity contribution is -0.196. The zero-order chi connectivity index (χ0) is 41.4. The summed E-state index contributed by atoms with van der Waals surface area (Å²) in [5.74, 6) is 1.57. The van der Waals surface area contributed by atoms with Gasteiger partial charge in [-0.25, -0.2) is 4.79 Å². The molecule has 5 aliphatic carbocycles. The van der Waals surface area contributed by atoms with E-state index in [9.17, 15) is 24.0 Å². The van der Waals surface area contributed by atoms with Crippen LogP contribution in [0.5, 0.6) is 0 Å². The second kappa shape index (κ2) is 16.9. The molecule has 5 unspecified atom stereocenters. The molecule has 3 saturated heterocycles. The molecule has 5 atom stereocenters. The number of carbonyl (C=O) groups excluding carboxylic acids is 5. The van der Waals surface area contributed by atoms with Crippen molar-refractivity contribution in [1.29, 1.82) is 0 Å². The number of hydrogen-bond acceptors (Lipinski definition) is 11. The minimum atomic E-state index is -0.554. The van der Waals surface area contributed by atoms with E-state index in [1.165, 1.54) is 32.1 Å². The Bertz CT molecular complexity index is 1420. The number of fused-ring (bicyclic) bond motifs is 1. The molecule has 8 rings (SSSR count). The predicted octanol–water partition coefficient (Wildman–Crippen LogP) is 8.46. The lowest BCUT2D eigenvalue weighted by Gasteiger charge is -2.56. The van der Waals surface area contributed by atoms with Gasteiger partial charge in [0.15, 0.2) is 18.8 Å². The first-order chi connectivity index (χ1) is 26.0. The number of carbonyl (C=O) groups is 5. The Labute approximate surface area is 335 Å². The molecule has 0 aromatic heterocycles. The Kier molecular flexibility index (Phi) is 13.4. The van der Waals surface area contributed by atoms with Crippen LogP contribution in [-0.2, 0) is 52.4 Å². The lowest BCUT2D eigenvalue weighted by atomic mass is 9.54. The molecule has 11 nitrogen and oxygen atoms in total. The molecule has 11 heteroatoms. The van der Waals surface area contributed by atoms with Crippen LogP contribution in [0.2, 0.25) is 0 Å². The molecule has 0 aromatic carbocycles. The predicted molar refractivity (Wildman–Crippen MR) is 209 cm³/mol. The average molecular weight is 789 g/mol. The molecule has 0 N–H and O–H groups in total. The van der Waals surface area contributed by atoms with Crippen LogP contribution in [0.3, 0.4) is 0 Å². The van der Waals surface area contributed by atoms with Crippen LogP contribution in [0.25, 0.3) is 0 Å². The third kappa shape index (κ3) is 9.77. The van der Waals surface area contributed by atoms with E-state index in [4.69, 9.17) is 28.4 Å². The summed E-state index contributed by atoms with van der Waals surface area (Å²) in [7, 11) is 0. The minimum Gasteiger partial charge on any atom is -0.459 e. The fraction of sp³-hybridized carbons (Fsp3) is 0.889. The van der Waals surface area contributed by atoms with Crippen molar-refractivity contribution < 1.29 is 52.4 Å². The standard InChI is InChI=1S/C16H28O4.C16H26O2.C13H18O5/c1-6-15(2,3)14(18)19-11-13(17)20-16(4,5)12-9-7-8-10-12;1-4-15(2,3)14(17)18-16-8-11-5-12(9-16)7-13(6-11)10-16;1-4-13(2,3)12(15)18-9-7-5-6-8(16-7)10(9)17-11(6)14/h12H,6-11H2,1-5H3;11-13H,4-10H2,1-3H3;6-10H,4-5H2,1-3H3. The van der Waals surface area contributed by atoms with Crippen molar-refractivity contribution in [1.82, 2.24) is 0 Å². The third-order valence-corrected chi connectivity index (χ3v) is 14.7. The molecule has 8 fully saturated rings. The third-order valence-electron chi connectivity index (χ3n) is 14.7. The normalized spacial score (nSPS) is 32.8. The molecule has 6 bridgehead atoms. The van der Waals surface area contributed by atoms with Gasteiger partial charge in [-0.3, -0.25) is 19.2 Å². The second-order valence-electron chi connectivity index (χ2n) is 20.6. The molecular formula is C45H72O11. The molecule has 0 radical (unpaired) electrons. The van der Waals surface area contributed by atoms with Gasteiger partial charge in [0.1, 0.15) is 17.3 Å². The molecule has 0 spiro atoms. The van der Waals surface area contributed by atoms with E-state index in [-0.39, 0.29) is 59.6 Å². The van der Waals surface area contributed by atoms with E-state index in [2.05, 4.69) is 6.92 Å². The summed E-state index contributed by atoms with van der Waals surface area (Å²) in [5, 5.41) is 0. The SMILES string of the molecule is CCC(C)(C)C(=O)OC12CC3CC(CC(C3)C1)C2.CCC(C)(C)C(=O)OC1C2CC3C(=O)OC1C3O2.CCC(C)(C)C(=O)OCC(=O)OC(C)(C)C1CCCC1. The Hall–Kier alpha value is -2.69. The highest BCUT2D eigenvalue weighted by molar-refractivity contribution is 5.80. The summed E-state index contributed by atoms with van der Waals surface area (Å²) < 4.78 is 33.1. The number of ether oxygens (including phenoxy) is 6. The van der Waals surface area contributed by atoms with Gasteiger partial charge in [0, 0.05) is 0 Å². The molecule has 0 aromatic rings. The zero-order valence-corrected chi connectivity index (χ0v) is 36.3. The van der Waals surface area contributed by atoms with Crippen molar-refractivity contribution in [3.05, 3.63) is 0 Å². The van der Waals surface area contributed by atoms with E-state index in [1.54, 1.807) is 0 Å². The Morgan fingerprint density at radius 3 is 1.71 bits per heavy atom. The lowest BCUT2D eigenvalue weighted by Crippen LogP contribution is -2.53. The molecule has 318 valence electrons. The summed E-state index contributed by atoms with van der Waals surface area (Å²) in [6, 6.07) is 0. The van der Waals surface area contributed by atoms with Crippen LogP contribution in [0.1, 0.15) is 166 Å². The quantitative estimate of drug-likeness (QED) is 0.139. The highest BCUT2D eigenvalue weighted by atomic mass is 16.7. The van der Waals surface area contributed by atoms with Gasteiger partial charge in [-0.15, -0.1) is 0 Å². The highest BCUT2D eigenvalue weighted by Gasteiger charge is 2.65. The molecule has 3 aliphatic heterocycles. The monoisotopic (exact) mass is 789 g/mol. The fourth-order valence-electron chi connectivity index (χ4n) is 9.94. The average Bonchev–Trinajstić information content (AvgIpc) is 3.92. The van der Waals surface area contributed by atoms with Crippen molar-refractivity contribution in [2.75, 3.05) is 6.61 Å². The van der Waals surface area contributed by atoms with E-state index >= 15 is 0 Å². The van der Waals surface area contributed by atoms with Crippen molar-refractivity contribution >= 4 is 29.8 Å². The molecule has 3 heterocycles. The number of hydrogen-bond donors (Lipinski definition) is 0. The molecular weight excluding hydrogens is 716 g/mol. The summed E-state index contributed by atoms with van der Waals surface area (Å²) >= 11 is 0. The van der Waals surface area contributed by atoms with Gasteiger partial charge in [-0.2, -0.15) is 0 Å². The van der Waals surface area contributed by atoms with Gasteiger partial charge in [0.25, 0.3) is 0 Å². The van der Waals surface area contributed by atoms with Crippen LogP contribution in [-0.4, -0.2) is 72.1 Å². The largest absolute Gasteiger partial charge is 0.459 e. The summed E-state index contributed by atoms with van der Waals surface area (Å²) in [5.41, 5.74) is -1.92. The first-order valence-electron chi connectivity index (χ1n) is 21.7. The van der Waals surface area contributed by atoms with Crippen LogP contribution < -0.4 is 0 Å². The van der Waals surface area contributed by atoms with E-state index < -0.39 is 34.6 Å². The van der Waals surface area contributed by atoms with Crippen molar-refractivity contribution in [2.24, 2.45) is 45.8 Å². The van der Waals surface area contributed by atoms with Crippen LogP contribution in [0.4, 0.5) is 0 Å². The van der Waals surface area contributed by atoms with Crippen molar-refractivity contribution in [3.8, 4) is 0 Å². The Balaban J connectivity index is 0.000000161. The van der Waals surface area contributed by atoms with Gasteiger partial charge in [0.05, 0.1) is 28.3 Å². The number of esters is 5. The molecule has 5 saturated carbocycles. The first-order valence-corrected chi connectivity index (χ1v) is 21.7. The first kappa shape index (κ1) is 44.4. The maximum Gasteiger partial charge on any atom is 0.344 e. The van der Waals surface area contributed by atoms with Crippen LogP contribution >= 0.6 is 0 Å². The fourth-order valence-corrected chi connectivity index (χ4v) is 9.94. The highest BCUT2D eigenvalue weighted by Crippen LogP contribution is 2.57. The maximum atomic E-state index is 12.4. The zero-order valence-electron chi connectivity index (χ0n) is 36.3. The summed E-state index contributed by atoms with van der Waals surface area (Å²) in [6.07, 6.45) is 13.9. The van der Waals surface area contributed by atoms with Gasteiger partial charge in [-0.05, 0) is 156 Å².